The van der Waals surface area contributed by atoms with Crippen LogP contribution in [0, 0.1) is 0 Å². The highest BCUT2D eigenvalue weighted by Crippen LogP contribution is 2.29. The third-order valence-corrected chi connectivity index (χ3v) is 4.16. The van der Waals surface area contributed by atoms with E-state index in [-0.39, 0.29) is 5.78 Å². The highest BCUT2D eigenvalue weighted by molar-refractivity contribution is 6.03. The van der Waals surface area contributed by atoms with E-state index in [1.165, 1.54) is 0 Å². The van der Waals surface area contributed by atoms with Crippen molar-refractivity contribution in [2.75, 3.05) is 21.2 Å². The molecule has 0 saturated heterocycles. The Bertz CT molecular complexity index is 425. The molecule has 0 heterocycles. The Labute approximate surface area is 122 Å². The fourth-order valence-electron chi connectivity index (χ4n) is 2.67. The van der Waals surface area contributed by atoms with Crippen LogP contribution in [0.1, 0.15) is 49.9 Å². The van der Waals surface area contributed by atoms with Crippen LogP contribution >= 0.6 is 0 Å². The number of Topliss-reactive ketones (excluding diaryl/α,β-unsaturated/α-hetero) is 1. The van der Waals surface area contributed by atoms with Crippen LogP contribution in [0.5, 0.6) is 5.75 Å². The van der Waals surface area contributed by atoms with Gasteiger partial charge in [0, 0.05) is 5.56 Å². The summed E-state index contributed by atoms with van der Waals surface area (Å²) in [5, 5.41) is 0. The summed E-state index contributed by atoms with van der Waals surface area (Å²) in [5.74, 6) is 0.989. The minimum absolute atomic E-state index is 0.209. The van der Waals surface area contributed by atoms with Crippen LogP contribution < -0.4 is 4.74 Å². The second-order valence-electron chi connectivity index (χ2n) is 5.44. The molecule has 3 heteroatoms. The molecule has 1 aromatic carbocycles. The summed E-state index contributed by atoms with van der Waals surface area (Å²) in [5.41, 5.74) is 0.363. The molecule has 1 unspecified atom stereocenters. The smallest absolute Gasteiger partial charge is 0.183 e. The predicted octanol–water partition coefficient (Wildman–Crippen LogP) is 3.78. The molecule has 0 radical (unpaired) electrons. The number of ether oxygens (including phenoxy) is 1. The van der Waals surface area contributed by atoms with Gasteiger partial charge in [0.1, 0.15) is 5.75 Å². The average molecular weight is 277 g/mol. The van der Waals surface area contributed by atoms with Gasteiger partial charge >= 0.3 is 0 Å². The molecule has 0 aliphatic carbocycles. The maximum absolute atomic E-state index is 13.0. The summed E-state index contributed by atoms with van der Waals surface area (Å²) < 4.78 is 5.15. The Morgan fingerprint density at radius 1 is 1.20 bits per heavy atom. The Morgan fingerprint density at radius 3 is 2.20 bits per heavy atom. The SMILES string of the molecule is CCCCC(CC)(C(=O)c1ccc(OC)cc1)N(C)C. The molecule has 0 aliphatic rings. The lowest BCUT2D eigenvalue weighted by atomic mass is 9.81. The van der Waals surface area contributed by atoms with E-state index >= 15 is 0 Å². The number of carbonyl (C=O) groups is 1. The number of ketones is 1. The van der Waals surface area contributed by atoms with Gasteiger partial charge < -0.3 is 4.74 Å². The van der Waals surface area contributed by atoms with Crippen molar-refractivity contribution in [3.8, 4) is 5.75 Å². The van der Waals surface area contributed by atoms with Gasteiger partial charge in [-0.2, -0.15) is 0 Å². The first-order valence-corrected chi connectivity index (χ1v) is 7.38. The molecule has 112 valence electrons. The van der Waals surface area contributed by atoms with E-state index < -0.39 is 5.54 Å². The van der Waals surface area contributed by atoms with Gasteiger partial charge in [-0.25, -0.2) is 0 Å². The molecule has 0 fully saturated rings. The number of carbonyl (C=O) groups excluding carboxylic acids is 1. The Balaban J connectivity index is 3.08. The third kappa shape index (κ3) is 3.40. The van der Waals surface area contributed by atoms with Gasteiger partial charge in [0.2, 0.25) is 0 Å². The fraction of sp³-hybridized carbons (Fsp3) is 0.588. The predicted molar refractivity (Wildman–Crippen MR) is 83.6 cm³/mol. The van der Waals surface area contributed by atoms with Crippen LogP contribution in [0.3, 0.4) is 0 Å². The maximum atomic E-state index is 13.0. The standard InChI is InChI=1S/C17H27NO2/c1-6-8-13-17(7-2,18(3)4)16(19)14-9-11-15(20-5)12-10-14/h9-12H,6-8,13H2,1-5H3. The second kappa shape index (κ2) is 7.44. The van der Waals surface area contributed by atoms with Crippen LogP contribution in [-0.2, 0) is 0 Å². The molecule has 0 amide bonds. The van der Waals surface area contributed by atoms with Gasteiger partial charge in [0.05, 0.1) is 12.6 Å². The molecule has 20 heavy (non-hydrogen) atoms. The first kappa shape index (κ1) is 16.7. The summed E-state index contributed by atoms with van der Waals surface area (Å²) >= 11 is 0. The van der Waals surface area contributed by atoms with Crippen molar-refractivity contribution in [3.05, 3.63) is 29.8 Å². The normalized spacial score (nSPS) is 14.1. The summed E-state index contributed by atoms with van der Waals surface area (Å²) in [6.07, 6.45) is 3.89. The van der Waals surface area contributed by atoms with Gasteiger partial charge in [0.25, 0.3) is 0 Å². The fourth-order valence-corrected chi connectivity index (χ4v) is 2.67. The van der Waals surface area contributed by atoms with Gasteiger partial charge in [-0.3, -0.25) is 9.69 Å². The molecule has 1 aromatic rings. The zero-order valence-corrected chi connectivity index (χ0v) is 13.4. The van der Waals surface area contributed by atoms with E-state index in [1.807, 2.05) is 38.4 Å². The quantitative estimate of drug-likeness (QED) is 0.677. The summed E-state index contributed by atoms with van der Waals surface area (Å²) in [7, 11) is 5.63. The number of methoxy groups -OCH3 is 1. The van der Waals surface area contributed by atoms with Crippen molar-refractivity contribution in [2.45, 2.75) is 45.1 Å². The van der Waals surface area contributed by atoms with E-state index in [0.717, 1.165) is 37.0 Å². The number of rotatable bonds is 8. The highest BCUT2D eigenvalue weighted by atomic mass is 16.5. The molecule has 1 rings (SSSR count). The molecular weight excluding hydrogens is 250 g/mol. The van der Waals surface area contributed by atoms with Crippen LogP contribution in [0.25, 0.3) is 0 Å². The first-order chi connectivity index (χ1) is 9.51. The zero-order valence-electron chi connectivity index (χ0n) is 13.4. The second-order valence-corrected chi connectivity index (χ2v) is 5.44. The Morgan fingerprint density at radius 2 is 1.80 bits per heavy atom. The van der Waals surface area contributed by atoms with Crippen LogP contribution in [0.2, 0.25) is 0 Å². The van der Waals surface area contributed by atoms with E-state index in [0.29, 0.717) is 0 Å². The molecule has 0 spiro atoms. The van der Waals surface area contributed by atoms with Crippen molar-refractivity contribution in [2.24, 2.45) is 0 Å². The molecular formula is C17H27NO2. The molecule has 0 N–H and O–H groups in total. The summed E-state index contributed by atoms with van der Waals surface area (Å²) in [6, 6.07) is 7.42. The largest absolute Gasteiger partial charge is 0.497 e. The monoisotopic (exact) mass is 277 g/mol. The Hall–Kier alpha value is -1.35. The number of likely N-dealkylation sites (N-methyl/N-ethyl adjacent to an activating group) is 1. The number of benzene rings is 1. The van der Waals surface area contributed by atoms with Crippen molar-refractivity contribution in [1.29, 1.82) is 0 Å². The molecule has 3 nitrogen and oxygen atoms in total. The van der Waals surface area contributed by atoms with E-state index in [4.69, 9.17) is 4.74 Å². The van der Waals surface area contributed by atoms with Crippen molar-refractivity contribution in [1.82, 2.24) is 4.90 Å². The first-order valence-electron chi connectivity index (χ1n) is 7.38. The number of hydrogen-bond donors (Lipinski definition) is 0. The molecule has 0 aromatic heterocycles. The number of nitrogens with zero attached hydrogens (tertiary/aromatic N) is 1. The lowest BCUT2D eigenvalue weighted by Gasteiger charge is -2.38. The van der Waals surface area contributed by atoms with Crippen LogP contribution in [0.15, 0.2) is 24.3 Å². The topological polar surface area (TPSA) is 29.5 Å². The summed E-state index contributed by atoms with van der Waals surface area (Å²) in [4.78, 5) is 15.0. The minimum atomic E-state index is -0.398. The molecule has 0 bridgehead atoms. The van der Waals surface area contributed by atoms with E-state index in [2.05, 4.69) is 18.7 Å². The van der Waals surface area contributed by atoms with Gasteiger partial charge in [-0.1, -0.05) is 26.7 Å². The van der Waals surface area contributed by atoms with Crippen LogP contribution in [-0.4, -0.2) is 37.4 Å². The lowest BCUT2D eigenvalue weighted by Crippen LogP contribution is -2.50. The van der Waals surface area contributed by atoms with E-state index in [9.17, 15) is 4.79 Å². The van der Waals surface area contributed by atoms with Crippen molar-refractivity contribution < 1.29 is 9.53 Å². The molecule has 1 atom stereocenters. The number of hydrogen-bond acceptors (Lipinski definition) is 3. The minimum Gasteiger partial charge on any atom is -0.497 e. The van der Waals surface area contributed by atoms with Gasteiger partial charge in [-0.15, -0.1) is 0 Å². The Kier molecular flexibility index (Phi) is 6.21. The lowest BCUT2D eigenvalue weighted by molar-refractivity contribution is 0.0636. The number of unbranched alkanes of at least 4 members (excludes halogenated alkanes) is 1. The van der Waals surface area contributed by atoms with Crippen LogP contribution in [0.4, 0.5) is 0 Å². The van der Waals surface area contributed by atoms with E-state index in [1.54, 1.807) is 7.11 Å². The van der Waals surface area contributed by atoms with Crippen molar-refractivity contribution >= 4 is 5.78 Å². The maximum Gasteiger partial charge on any atom is 0.183 e. The van der Waals surface area contributed by atoms with Gasteiger partial charge in [0.15, 0.2) is 5.78 Å². The third-order valence-electron chi connectivity index (χ3n) is 4.16. The molecule has 0 aliphatic heterocycles. The highest BCUT2D eigenvalue weighted by Gasteiger charge is 2.38. The van der Waals surface area contributed by atoms with Crippen molar-refractivity contribution in [3.63, 3.8) is 0 Å². The average Bonchev–Trinajstić information content (AvgIpc) is 2.48. The summed E-state index contributed by atoms with van der Waals surface area (Å²) in [6.45, 7) is 4.25. The molecule has 0 saturated carbocycles. The zero-order chi connectivity index (χ0) is 15.2. The van der Waals surface area contributed by atoms with Gasteiger partial charge in [-0.05, 0) is 51.2 Å².